The van der Waals surface area contributed by atoms with E-state index in [0.29, 0.717) is 49.2 Å². The van der Waals surface area contributed by atoms with Gasteiger partial charge < -0.3 is 14.6 Å². The average molecular weight is 555 g/mol. The van der Waals surface area contributed by atoms with E-state index in [-0.39, 0.29) is 18.3 Å². The number of thioether (sulfide) groups is 1. The largest absolute Gasteiger partial charge is 0.486 e. The first kappa shape index (κ1) is 24.8. The lowest BCUT2D eigenvalue weighted by molar-refractivity contribution is -0.113. The number of rotatable bonds is 9. The van der Waals surface area contributed by atoms with Gasteiger partial charge in [-0.2, -0.15) is 0 Å². The summed E-state index contributed by atoms with van der Waals surface area (Å²) < 4.78 is 7.68. The van der Waals surface area contributed by atoms with Crippen molar-refractivity contribution < 1.29 is 9.53 Å². The van der Waals surface area contributed by atoms with E-state index in [1.165, 1.54) is 23.1 Å². The van der Waals surface area contributed by atoms with E-state index >= 15 is 0 Å². The molecular formula is C22H18Cl3N5O2S2. The Morgan fingerprint density at radius 2 is 1.88 bits per heavy atom. The standard InChI is InChI=1S/C22H18Cl3N5O2S2/c1-2-30-19(10-32-15-6-3-13(23)4-7-15)28-29-22(30)34-12-20(31)27-21-26-18(11-33-21)16-8-5-14(24)9-17(16)25/h3-9,11H,2,10,12H2,1H3,(H,26,27,31). The van der Waals surface area contributed by atoms with Crippen LogP contribution in [0.15, 0.2) is 53.0 Å². The van der Waals surface area contributed by atoms with Crippen LogP contribution < -0.4 is 10.1 Å². The zero-order chi connectivity index (χ0) is 24.1. The van der Waals surface area contributed by atoms with Gasteiger partial charge in [-0.25, -0.2) is 4.98 Å². The van der Waals surface area contributed by atoms with Crippen molar-refractivity contribution in [2.75, 3.05) is 11.1 Å². The SMILES string of the molecule is CCn1c(COc2ccc(Cl)cc2)nnc1SCC(=O)Nc1nc(-c2ccc(Cl)cc2Cl)cs1. The number of thiazole rings is 1. The highest BCUT2D eigenvalue weighted by molar-refractivity contribution is 7.99. The predicted molar refractivity (Wildman–Crippen MR) is 138 cm³/mol. The van der Waals surface area contributed by atoms with Crippen LogP contribution in [0.1, 0.15) is 12.7 Å². The molecule has 1 amide bonds. The number of carbonyl (C=O) groups excluding carboxylic acids is 1. The Labute approximate surface area is 219 Å². The maximum Gasteiger partial charge on any atom is 0.236 e. The Kier molecular flexibility index (Phi) is 8.33. The number of hydrogen-bond donors (Lipinski definition) is 1. The van der Waals surface area contributed by atoms with Gasteiger partial charge in [-0.15, -0.1) is 21.5 Å². The van der Waals surface area contributed by atoms with Gasteiger partial charge in [0.05, 0.1) is 16.5 Å². The molecule has 2 heterocycles. The van der Waals surface area contributed by atoms with E-state index in [1.54, 1.807) is 42.5 Å². The maximum absolute atomic E-state index is 12.5. The molecule has 0 fully saturated rings. The summed E-state index contributed by atoms with van der Waals surface area (Å²) in [4.78, 5) is 16.9. The van der Waals surface area contributed by atoms with Crippen LogP contribution in [-0.4, -0.2) is 31.4 Å². The van der Waals surface area contributed by atoms with Crippen LogP contribution in [0.25, 0.3) is 11.3 Å². The zero-order valence-electron chi connectivity index (χ0n) is 17.8. The summed E-state index contributed by atoms with van der Waals surface area (Å²) in [5, 5.41) is 15.9. The highest BCUT2D eigenvalue weighted by Gasteiger charge is 2.15. The number of carbonyl (C=O) groups is 1. The van der Waals surface area contributed by atoms with Crippen LogP contribution >= 0.6 is 57.9 Å². The Bertz CT molecular complexity index is 1290. The van der Waals surface area contributed by atoms with Gasteiger partial charge >= 0.3 is 0 Å². The van der Waals surface area contributed by atoms with Gasteiger partial charge in [-0.3, -0.25) is 4.79 Å². The minimum Gasteiger partial charge on any atom is -0.486 e. The third kappa shape index (κ3) is 6.22. The van der Waals surface area contributed by atoms with Gasteiger partial charge in [0.1, 0.15) is 12.4 Å². The summed E-state index contributed by atoms with van der Waals surface area (Å²) in [5.41, 5.74) is 1.42. The lowest BCUT2D eigenvalue weighted by Crippen LogP contribution is -2.14. The minimum absolute atomic E-state index is 0.160. The predicted octanol–water partition coefficient (Wildman–Crippen LogP) is 6.69. The molecule has 2 aromatic carbocycles. The van der Waals surface area contributed by atoms with Gasteiger partial charge in [-0.1, -0.05) is 46.6 Å². The Morgan fingerprint density at radius 3 is 2.62 bits per heavy atom. The number of benzene rings is 2. The molecule has 0 radical (unpaired) electrons. The van der Waals surface area contributed by atoms with E-state index in [4.69, 9.17) is 39.5 Å². The van der Waals surface area contributed by atoms with Gasteiger partial charge in [-0.05, 0) is 49.4 Å². The minimum atomic E-state index is -0.197. The number of ether oxygens (including phenoxy) is 1. The van der Waals surface area contributed by atoms with Crippen molar-refractivity contribution in [2.45, 2.75) is 25.2 Å². The van der Waals surface area contributed by atoms with Crippen LogP contribution in [0.5, 0.6) is 5.75 Å². The summed E-state index contributed by atoms with van der Waals surface area (Å²) in [6, 6.07) is 12.3. The lowest BCUT2D eigenvalue weighted by Gasteiger charge is -2.09. The maximum atomic E-state index is 12.5. The first-order chi connectivity index (χ1) is 16.4. The third-order valence-electron chi connectivity index (χ3n) is 4.58. The fourth-order valence-corrected chi connectivity index (χ4v) is 5.15. The molecule has 34 heavy (non-hydrogen) atoms. The quantitative estimate of drug-likeness (QED) is 0.232. The van der Waals surface area contributed by atoms with Crippen LogP contribution in [0.3, 0.4) is 0 Å². The molecule has 176 valence electrons. The number of halogens is 3. The molecule has 0 aliphatic carbocycles. The smallest absolute Gasteiger partial charge is 0.236 e. The number of amides is 1. The number of hydrogen-bond acceptors (Lipinski definition) is 7. The fourth-order valence-electron chi connectivity index (χ4n) is 2.97. The van der Waals surface area contributed by atoms with Crippen LogP contribution in [-0.2, 0) is 17.9 Å². The van der Waals surface area contributed by atoms with E-state index in [2.05, 4.69) is 20.5 Å². The van der Waals surface area contributed by atoms with Crippen molar-refractivity contribution in [3.05, 3.63) is 68.7 Å². The van der Waals surface area contributed by atoms with Crippen molar-refractivity contribution in [3.8, 4) is 17.0 Å². The van der Waals surface area contributed by atoms with E-state index in [0.717, 1.165) is 5.56 Å². The molecule has 0 aliphatic heterocycles. The number of anilines is 1. The molecule has 0 unspecified atom stereocenters. The summed E-state index contributed by atoms with van der Waals surface area (Å²) in [5.74, 6) is 1.32. The molecule has 7 nitrogen and oxygen atoms in total. The molecule has 4 rings (SSSR count). The van der Waals surface area contributed by atoms with Crippen LogP contribution in [0.4, 0.5) is 5.13 Å². The van der Waals surface area contributed by atoms with Crippen molar-refractivity contribution in [2.24, 2.45) is 0 Å². The van der Waals surface area contributed by atoms with Gasteiger partial charge in [0.2, 0.25) is 5.91 Å². The van der Waals surface area contributed by atoms with E-state index in [1.807, 2.05) is 16.9 Å². The van der Waals surface area contributed by atoms with Crippen molar-refractivity contribution in [1.82, 2.24) is 19.7 Å². The molecule has 0 atom stereocenters. The average Bonchev–Trinajstić information content (AvgIpc) is 3.43. The second-order valence-corrected chi connectivity index (χ2v) is 9.97. The third-order valence-corrected chi connectivity index (χ3v) is 7.11. The fraction of sp³-hybridized carbons (Fsp3) is 0.182. The second kappa shape index (κ2) is 11.4. The van der Waals surface area contributed by atoms with E-state index < -0.39 is 0 Å². The summed E-state index contributed by atoms with van der Waals surface area (Å²) in [6.45, 7) is 2.89. The summed E-state index contributed by atoms with van der Waals surface area (Å²) >= 11 is 20.7. The first-order valence-electron chi connectivity index (χ1n) is 10.1. The molecular weight excluding hydrogens is 537 g/mol. The Balaban J connectivity index is 1.33. The van der Waals surface area contributed by atoms with Crippen molar-refractivity contribution >= 4 is 68.9 Å². The van der Waals surface area contributed by atoms with Gasteiger partial charge in [0, 0.05) is 27.5 Å². The van der Waals surface area contributed by atoms with Crippen molar-refractivity contribution in [1.29, 1.82) is 0 Å². The molecule has 1 N–H and O–H groups in total. The lowest BCUT2D eigenvalue weighted by atomic mass is 10.2. The molecule has 12 heteroatoms. The van der Waals surface area contributed by atoms with Gasteiger partial charge in [0.25, 0.3) is 0 Å². The highest BCUT2D eigenvalue weighted by Crippen LogP contribution is 2.32. The highest BCUT2D eigenvalue weighted by atomic mass is 35.5. The molecule has 0 saturated heterocycles. The molecule has 4 aromatic rings. The summed E-state index contributed by atoms with van der Waals surface area (Å²) in [6.07, 6.45) is 0. The number of nitrogens with zero attached hydrogens (tertiary/aromatic N) is 4. The molecule has 0 spiro atoms. The Hall–Kier alpha value is -2.30. The monoisotopic (exact) mass is 553 g/mol. The Morgan fingerprint density at radius 1 is 1.12 bits per heavy atom. The second-order valence-electron chi connectivity index (χ2n) is 6.88. The van der Waals surface area contributed by atoms with Crippen molar-refractivity contribution in [3.63, 3.8) is 0 Å². The van der Waals surface area contributed by atoms with Crippen LogP contribution in [0, 0.1) is 0 Å². The molecule has 0 aliphatic rings. The zero-order valence-corrected chi connectivity index (χ0v) is 21.7. The topological polar surface area (TPSA) is 81.9 Å². The molecule has 2 aromatic heterocycles. The normalized spacial score (nSPS) is 10.9. The van der Waals surface area contributed by atoms with Gasteiger partial charge in [0.15, 0.2) is 16.1 Å². The van der Waals surface area contributed by atoms with E-state index in [9.17, 15) is 4.79 Å². The first-order valence-corrected chi connectivity index (χ1v) is 13.1. The summed E-state index contributed by atoms with van der Waals surface area (Å²) in [7, 11) is 0. The molecule has 0 bridgehead atoms. The van der Waals surface area contributed by atoms with Crippen LogP contribution in [0.2, 0.25) is 15.1 Å². The number of aromatic nitrogens is 4. The number of nitrogens with one attached hydrogen (secondary N) is 1. The molecule has 0 saturated carbocycles.